The number of hydrogen-bond donors (Lipinski definition) is 2. The molecule has 0 unspecified atom stereocenters. The third-order valence-electron chi connectivity index (χ3n) is 2.07. The first-order valence-electron chi connectivity index (χ1n) is 5.24. The van der Waals surface area contributed by atoms with Crippen molar-refractivity contribution in [3.8, 4) is 5.75 Å². The van der Waals surface area contributed by atoms with E-state index in [1.54, 1.807) is 39.2 Å². The van der Waals surface area contributed by atoms with Gasteiger partial charge >= 0.3 is 0 Å². The third-order valence-corrected chi connectivity index (χ3v) is 2.07. The molecule has 0 saturated heterocycles. The Kier molecular flexibility index (Phi) is 4.34. The number of hydrogen-bond acceptors (Lipinski definition) is 5. The Morgan fingerprint density at radius 2 is 2.12 bits per heavy atom. The SMILES string of the molecule is COc1cc(N)cc(/C=N/OC(C)(C)CO)c1. The number of oxime groups is 1. The highest BCUT2D eigenvalue weighted by atomic mass is 16.7. The van der Waals surface area contributed by atoms with Gasteiger partial charge in [-0.1, -0.05) is 5.16 Å². The molecular weight excluding hydrogens is 220 g/mol. The second-order valence-corrected chi connectivity index (χ2v) is 4.28. The Bertz CT molecular complexity index is 403. The molecule has 0 amide bonds. The van der Waals surface area contributed by atoms with Crippen molar-refractivity contribution in [3.63, 3.8) is 0 Å². The van der Waals surface area contributed by atoms with Gasteiger partial charge in [0.25, 0.3) is 0 Å². The Hall–Kier alpha value is -1.75. The number of nitrogen functional groups attached to an aromatic ring is 1. The zero-order valence-electron chi connectivity index (χ0n) is 10.3. The van der Waals surface area contributed by atoms with Gasteiger partial charge in [0.1, 0.15) is 5.75 Å². The molecule has 0 bridgehead atoms. The van der Waals surface area contributed by atoms with Crippen molar-refractivity contribution >= 4 is 11.9 Å². The van der Waals surface area contributed by atoms with Gasteiger partial charge in [0, 0.05) is 17.3 Å². The van der Waals surface area contributed by atoms with Gasteiger partial charge in [0.05, 0.1) is 19.9 Å². The molecule has 0 spiro atoms. The summed E-state index contributed by atoms with van der Waals surface area (Å²) in [7, 11) is 1.57. The lowest BCUT2D eigenvalue weighted by atomic mass is 10.2. The van der Waals surface area contributed by atoms with Crippen LogP contribution in [-0.2, 0) is 4.84 Å². The lowest BCUT2D eigenvalue weighted by molar-refractivity contribution is -0.0506. The molecule has 1 aromatic carbocycles. The molecule has 0 fully saturated rings. The summed E-state index contributed by atoms with van der Waals surface area (Å²) < 4.78 is 5.08. The molecule has 5 heteroatoms. The second kappa shape index (κ2) is 5.54. The van der Waals surface area contributed by atoms with Gasteiger partial charge in [0.15, 0.2) is 5.60 Å². The summed E-state index contributed by atoms with van der Waals surface area (Å²) in [6.07, 6.45) is 1.52. The molecule has 0 aliphatic heterocycles. The lowest BCUT2D eigenvalue weighted by Crippen LogP contribution is -2.26. The minimum Gasteiger partial charge on any atom is -0.497 e. The van der Waals surface area contributed by atoms with Crippen LogP contribution < -0.4 is 10.5 Å². The van der Waals surface area contributed by atoms with Crippen LogP contribution in [-0.4, -0.2) is 30.6 Å². The maximum Gasteiger partial charge on any atom is 0.155 e. The molecule has 1 aromatic rings. The predicted octanol–water partition coefficient (Wildman–Crippen LogP) is 1.40. The fourth-order valence-corrected chi connectivity index (χ4v) is 1.10. The highest BCUT2D eigenvalue weighted by Crippen LogP contribution is 2.17. The van der Waals surface area contributed by atoms with E-state index in [9.17, 15) is 0 Å². The van der Waals surface area contributed by atoms with Crippen LogP contribution >= 0.6 is 0 Å². The monoisotopic (exact) mass is 238 g/mol. The van der Waals surface area contributed by atoms with Crippen LogP contribution in [0.15, 0.2) is 23.4 Å². The molecule has 0 heterocycles. The molecule has 0 aromatic heterocycles. The largest absolute Gasteiger partial charge is 0.497 e. The number of aliphatic hydroxyl groups is 1. The second-order valence-electron chi connectivity index (χ2n) is 4.28. The van der Waals surface area contributed by atoms with Gasteiger partial charge in [-0.05, 0) is 26.0 Å². The number of nitrogens with two attached hydrogens (primary N) is 1. The molecule has 0 aliphatic rings. The van der Waals surface area contributed by atoms with Crippen molar-refractivity contribution in [1.29, 1.82) is 0 Å². The zero-order valence-corrected chi connectivity index (χ0v) is 10.3. The first-order chi connectivity index (χ1) is 7.96. The first kappa shape index (κ1) is 13.3. The predicted molar refractivity (Wildman–Crippen MR) is 67.3 cm³/mol. The summed E-state index contributed by atoms with van der Waals surface area (Å²) in [5, 5.41) is 12.8. The van der Waals surface area contributed by atoms with E-state index in [0.717, 1.165) is 5.56 Å². The zero-order chi connectivity index (χ0) is 12.9. The van der Waals surface area contributed by atoms with Crippen molar-refractivity contribution in [2.45, 2.75) is 19.4 Å². The summed E-state index contributed by atoms with van der Waals surface area (Å²) in [5.41, 5.74) is 6.37. The van der Waals surface area contributed by atoms with Crippen LogP contribution in [0.5, 0.6) is 5.75 Å². The minimum atomic E-state index is -0.694. The topological polar surface area (TPSA) is 77.1 Å². The van der Waals surface area contributed by atoms with Gasteiger partial charge in [-0.2, -0.15) is 0 Å². The number of nitrogens with zero attached hydrogens (tertiary/aromatic N) is 1. The highest BCUT2D eigenvalue weighted by Gasteiger charge is 2.17. The van der Waals surface area contributed by atoms with E-state index in [2.05, 4.69) is 5.16 Å². The van der Waals surface area contributed by atoms with Crippen LogP contribution in [0.25, 0.3) is 0 Å². The quantitative estimate of drug-likeness (QED) is 0.462. The smallest absolute Gasteiger partial charge is 0.155 e. The van der Waals surface area contributed by atoms with Gasteiger partial charge in [-0.25, -0.2) is 0 Å². The number of rotatable bonds is 5. The lowest BCUT2D eigenvalue weighted by Gasteiger charge is -2.18. The fraction of sp³-hybridized carbons (Fsp3) is 0.417. The van der Waals surface area contributed by atoms with Crippen LogP contribution in [0.3, 0.4) is 0 Å². The summed E-state index contributed by atoms with van der Waals surface area (Å²) in [6.45, 7) is 3.37. The molecule has 0 atom stereocenters. The summed E-state index contributed by atoms with van der Waals surface area (Å²) in [5.74, 6) is 0.660. The van der Waals surface area contributed by atoms with Gasteiger partial charge in [-0.15, -0.1) is 0 Å². The molecule has 5 nitrogen and oxygen atoms in total. The van der Waals surface area contributed by atoms with Crippen molar-refractivity contribution < 1.29 is 14.7 Å². The Balaban J connectivity index is 2.74. The van der Waals surface area contributed by atoms with Crippen LogP contribution in [0.1, 0.15) is 19.4 Å². The molecule has 0 aliphatic carbocycles. The van der Waals surface area contributed by atoms with E-state index in [0.29, 0.717) is 11.4 Å². The Morgan fingerprint density at radius 3 is 2.71 bits per heavy atom. The van der Waals surface area contributed by atoms with Crippen molar-refractivity contribution in [1.82, 2.24) is 0 Å². The van der Waals surface area contributed by atoms with E-state index < -0.39 is 5.60 Å². The molecular formula is C12H18N2O3. The van der Waals surface area contributed by atoms with Gasteiger partial charge in [-0.3, -0.25) is 0 Å². The number of aliphatic hydroxyl groups excluding tert-OH is 1. The minimum absolute atomic E-state index is 0.107. The van der Waals surface area contributed by atoms with E-state index in [-0.39, 0.29) is 6.61 Å². The van der Waals surface area contributed by atoms with Gasteiger partial charge in [0.2, 0.25) is 0 Å². The van der Waals surface area contributed by atoms with Crippen molar-refractivity contribution in [2.24, 2.45) is 5.16 Å². The molecule has 3 N–H and O–H groups in total. The van der Waals surface area contributed by atoms with Crippen LogP contribution in [0.2, 0.25) is 0 Å². The third kappa shape index (κ3) is 4.32. The van der Waals surface area contributed by atoms with E-state index in [4.69, 9.17) is 20.4 Å². The van der Waals surface area contributed by atoms with E-state index in [1.807, 2.05) is 0 Å². The number of anilines is 1. The molecule has 0 radical (unpaired) electrons. The van der Waals surface area contributed by atoms with Gasteiger partial charge < -0.3 is 20.4 Å². The summed E-state index contributed by atoms with van der Waals surface area (Å²) in [4.78, 5) is 5.13. The average Bonchev–Trinajstić information content (AvgIpc) is 2.28. The highest BCUT2D eigenvalue weighted by molar-refractivity contribution is 5.81. The molecule has 1 rings (SSSR count). The average molecular weight is 238 g/mol. The summed E-state index contributed by atoms with van der Waals surface area (Å²) in [6, 6.07) is 5.26. The van der Waals surface area contributed by atoms with Crippen molar-refractivity contribution in [3.05, 3.63) is 23.8 Å². The number of methoxy groups -OCH3 is 1. The van der Waals surface area contributed by atoms with E-state index >= 15 is 0 Å². The maximum atomic E-state index is 8.98. The molecule has 0 saturated carbocycles. The van der Waals surface area contributed by atoms with Crippen LogP contribution in [0.4, 0.5) is 5.69 Å². The maximum absolute atomic E-state index is 8.98. The van der Waals surface area contributed by atoms with E-state index in [1.165, 1.54) is 6.21 Å². The van der Waals surface area contributed by atoms with Crippen LogP contribution in [0, 0.1) is 0 Å². The Morgan fingerprint density at radius 1 is 1.41 bits per heavy atom. The molecule has 17 heavy (non-hydrogen) atoms. The molecule has 94 valence electrons. The fourth-order valence-electron chi connectivity index (χ4n) is 1.10. The number of benzene rings is 1. The Labute approximate surface area is 101 Å². The normalized spacial score (nSPS) is 11.8. The van der Waals surface area contributed by atoms with Crippen molar-refractivity contribution in [2.75, 3.05) is 19.5 Å². The summed E-state index contributed by atoms with van der Waals surface area (Å²) >= 11 is 0. The first-order valence-corrected chi connectivity index (χ1v) is 5.24. The number of ether oxygens (including phenoxy) is 1. The standard InChI is InChI=1S/C12H18N2O3/c1-12(2,8-15)17-14-7-9-4-10(13)6-11(5-9)16-3/h4-7,15H,8,13H2,1-3H3/b14-7+.